The number of hydrogen-bond donors (Lipinski definition) is 0. The molecule has 4 nitrogen and oxygen atoms in total. The lowest BCUT2D eigenvalue weighted by Crippen LogP contribution is -2.34. The fourth-order valence-corrected chi connectivity index (χ4v) is 4.50. The van der Waals surface area contributed by atoms with Crippen LogP contribution in [0, 0.1) is 5.92 Å². The van der Waals surface area contributed by atoms with E-state index in [-0.39, 0.29) is 0 Å². The Morgan fingerprint density at radius 1 is 1.16 bits per heavy atom. The highest BCUT2D eigenvalue weighted by molar-refractivity contribution is 6.33. The summed E-state index contributed by atoms with van der Waals surface area (Å²) in [6, 6.07) is 14.3. The highest BCUT2D eigenvalue weighted by atomic mass is 35.5. The van der Waals surface area contributed by atoms with Gasteiger partial charge in [0.15, 0.2) is 0 Å². The average Bonchev–Trinajstić information content (AvgIpc) is 2.74. The van der Waals surface area contributed by atoms with E-state index >= 15 is 0 Å². The maximum atomic E-state index is 10.6. The van der Waals surface area contributed by atoms with E-state index in [0.717, 1.165) is 65.9 Å². The monoisotopic (exact) mass is 457 g/mol. The Hall–Kier alpha value is -2.30. The Bertz CT molecular complexity index is 978. The van der Waals surface area contributed by atoms with Crippen molar-refractivity contribution >= 4 is 46.7 Å². The lowest BCUT2D eigenvalue weighted by atomic mass is 9.90. The Balaban J connectivity index is 1.63. The molecular weight excluding hydrogens is 429 g/mol. The number of benzene rings is 2. The normalized spacial score (nSPS) is 15.8. The zero-order valence-electron chi connectivity index (χ0n) is 18.3. The van der Waals surface area contributed by atoms with Crippen LogP contribution in [-0.4, -0.2) is 32.3 Å². The summed E-state index contributed by atoms with van der Waals surface area (Å²) in [5.41, 5.74) is 4.02. The maximum Gasteiger partial charge on any atom is 0.144 e. The molecule has 0 unspecified atom stereocenters. The summed E-state index contributed by atoms with van der Waals surface area (Å²) in [7, 11) is 1.94. The Morgan fingerprint density at radius 3 is 2.55 bits per heavy atom. The van der Waals surface area contributed by atoms with E-state index in [4.69, 9.17) is 23.2 Å². The van der Waals surface area contributed by atoms with Gasteiger partial charge in [0.25, 0.3) is 0 Å². The number of carbonyl (C=O) groups excluding carboxylic acids is 1. The third-order valence-corrected chi connectivity index (χ3v) is 6.36. The van der Waals surface area contributed by atoms with Crippen LogP contribution < -0.4 is 9.80 Å². The molecule has 0 spiro atoms. The summed E-state index contributed by atoms with van der Waals surface area (Å²) in [5, 5.41) is 1.55. The van der Waals surface area contributed by atoms with E-state index in [0.29, 0.717) is 11.6 Å². The average molecular weight is 458 g/mol. The first-order valence-corrected chi connectivity index (χ1v) is 11.3. The number of rotatable bonds is 6. The summed E-state index contributed by atoms with van der Waals surface area (Å²) < 4.78 is 0. The lowest BCUT2D eigenvalue weighted by Gasteiger charge is -2.34. The Morgan fingerprint density at radius 2 is 1.90 bits per heavy atom. The number of hydrogen-bond acceptors (Lipinski definition) is 3. The molecule has 0 aliphatic carbocycles. The molecule has 0 amide bonds. The van der Waals surface area contributed by atoms with Gasteiger partial charge in [-0.05, 0) is 81.0 Å². The van der Waals surface area contributed by atoms with Crippen molar-refractivity contribution < 1.29 is 4.79 Å². The maximum absolute atomic E-state index is 10.6. The van der Waals surface area contributed by atoms with Crippen molar-refractivity contribution in [1.29, 1.82) is 0 Å². The predicted octanol–water partition coefficient (Wildman–Crippen LogP) is 6.41. The molecular formula is C25H29Cl2N3O. The molecule has 0 bridgehead atoms. The van der Waals surface area contributed by atoms with E-state index in [1.54, 1.807) is 6.92 Å². The van der Waals surface area contributed by atoms with E-state index in [1.807, 2.05) is 37.1 Å². The van der Waals surface area contributed by atoms with Gasteiger partial charge in [0.2, 0.25) is 0 Å². The molecule has 1 fully saturated rings. The van der Waals surface area contributed by atoms with Crippen LogP contribution in [0.25, 0.3) is 0 Å². The van der Waals surface area contributed by atoms with Gasteiger partial charge in [-0.15, -0.1) is 0 Å². The highest BCUT2D eigenvalue weighted by Crippen LogP contribution is 2.33. The van der Waals surface area contributed by atoms with Gasteiger partial charge in [-0.1, -0.05) is 35.3 Å². The first-order chi connectivity index (χ1) is 14.9. The van der Waals surface area contributed by atoms with E-state index in [2.05, 4.69) is 34.2 Å². The molecule has 0 saturated carbocycles. The molecule has 2 aromatic rings. The molecule has 0 N–H and O–H groups in total. The van der Waals surface area contributed by atoms with Gasteiger partial charge in [0.1, 0.15) is 12.1 Å². The fraction of sp³-hybridized carbons (Fsp3) is 0.360. The van der Waals surface area contributed by atoms with Crippen molar-refractivity contribution in [2.24, 2.45) is 10.9 Å². The molecule has 3 rings (SSSR count). The molecule has 1 aliphatic rings. The van der Waals surface area contributed by atoms with Crippen LogP contribution in [0.2, 0.25) is 10.0 Å². The topological polar surface area (TPSA) is 35.9 Å². The number of amidine groups is 1. The van der Waals surface area contributed by atoms with Crippen molar-refractivity contribution in [3.05, 3.63) is 69.8 Å². The quantitative estimate of drug-likeness (QED) is 0.217. The number of carbonyl (C=O) groups is 1. The molecule has 0 atom stereocenters. The number of aliphatic imine (C=N–C) groups is 1. The fourth-order valence-electron chi connectivity index (χ4n) is 3.99. The number of halogens is 2. The van der Waals surface area contributed by atoms with Crippen LogP contribution in [0.3, 0.4) is 0 Å². The molecule has 164 valence electrons. The number of piperidine rings is 1. The van der Waals surface area contributed by atoms with Crippen molar-refractivity contribution in [2.75, 3.05) is 29.9 Å². The van der Waals surface area contributed by atoms with Gasteiger partial charge in [-0.25, -0.2) is 4.99 Å². The summed E-state index contributed by atoms with van der Waals surface area (Å²) in [6.45, 7) is 5.71. The third kappa shape index (κ3) is 6.34. The largest absolute Gasteiger partial charge is 0.370 e. The van der Waals surface area contributed by atoms with Crippen molar-refractivity contribution in [2.45, 2.75) is 33.1 Å². The van der Waals surface area contributed by atoms with Crippen molar-refractivity contribution in [1.82, 2.24) is 0 Å². The molecule has 0 aromatic heterocycles. The first kappa shape index (κ1) is 23.4. The van der Waals surface area contributed by atoms with E-state index in [1.165, 1.54) is 11.6 Å². The minimum absolute atomic E-state index is 0.667. The smallest absolute Gasteiger partial charge is 0.144 e. The standard InChI is InChI=1S/C25H29Cl2N3O/c1-18(11-14-31)28-19(2)29(3)23-7-8-25(24(27)17-23)30-12-9-20(10-13-30)15-21-5-4-6-22(26)16-21/h4-8,11,14,16-17,20H,9-10,12-13,15H2,1-3H3/b18-11-,28-19-. The second-order valence-corrected chi connectivity index (χ2v) is 8.91. The Labute approximate surface area is 195 Å². The summed E-state index contributed by atoms with van der Waals surface area (Å²) >= 11 is 12.8. The zero-order chi connectivity index (χ0) is 22.4. The third-order valence-electron chi connectivity index (χ3n) is 5.82. The van der Waals surface area contributed by atoms with Gasteiger partial charge < -0.3 is 9.80 Å². The molecule has 1 aliphatic heterocycles. The van der Waals surface area contributed by atoms with Crippen LogP contribution in [0.1, 0.15) is 32.3 Å². The zero-order valence-corrected chi connectivity index (χ0v) is 19.8. The van der Waals surface area contributed by atoms with E-state index < -0.39 is 0 Å². The Kier molecular flexibility index (Phi) is 8.16. The summed E-state index contributed by atoms with van der Waals surface area (Å²) in [4.78, 5) is 19.4. The van der Waals surface area contributed by atoms with Crippen LogP contribution in [-0.2, 0) is 11.2 Å². The van der Waals surface area contributed by atoms with Gasteiger partial charge in [0.05, 0.1) is 10.7 Å². The molecule has 31 heavy (non-hydrogen) atoms. The van der Waals surface area contributed by atoms with Gasteiger partial charge in [-0.3, -0.25) is 4.79 Å². The van der Waals surface area contributed by atoms with E-state index in [9.17, 15) is 4.79 Å². The van der Waals surface area contributed by atoms with Crippen molar-refractivity contribution in [3.63, 3.8) is 0 Å². The van der Waals surface area contributed by atoms with Crippen LogP contribution in [0.5, 0.6) is 0 Å². The molecule has 1 saturated heterocycles. The van der Waals surface area contributed by atoms with Crippen LogP contribution in [0.4, 0.5) is 11.4 Å². The van der Waals surface area contributed by atoms with Gasteiger partial charge in [-0.2, -0.15) is 0 Å². The van der Waals surface area contributed by atoms with Gasteiger partial charge in [0, 0.05) is 36.5 Å². The SMILES string of the molecule is CC(=C/C=O)/N=C(/C)N(C)c1ccc(N2CCC(Cc3cccc(Cl)c3)CC2)c(Cl)c1. The van der Waals surface area contributed by atoms with Crippen LogP contribution in [0.15, 0.2) is 59.2 Å². The minimum atomic E-state index is 0.667. The predicted molar refractivity (Wildman–Crippen MR) is 133 cm³/mol. The van der Waals surface area contributed by atoms with Crippen molar-refractivity contribution in [3.8, 4) is 0 Å². The molecule has 1 heterocycles. The molecule has 0 radical (unpaired) electrons. The molecule has 6 heteroatoms. The summed E-state index contributed by atoms with van der Waals surface area (Å²) in [5.74, 6) is 1.46. The number of nitrogens with zero attached hydrogens (tertiary/aromatic N) is 3. The number of anilines is 2. The highest BCUT2D eigenvalue weighted by Gasteiger charge is 2.21. The minimum Gasteiger partial charge on any atom is -0.370 e. The number of aldehydes is 1. The number of allylic oxidation sites excluding steroid dienone is 2. The van der Waals surface area contributed by atoms with Gasteiger partial charge >= 0.3 is 0 Å². The summed E-state index contributed by atoms with van der Waals surface area (Å²) in [6.07, 6.45) is 5.54. The van der Waals surface area contributed by atoms with Crippen LogP contribution >= 0.6 is 23.2 Å². The first-order valence-electron chi connectivity index (χ1n) is 10.6. The second-order valence-electron chi connectivity index (χ2n) is 8.06. The lowest BCUT2D eigenvalue weighted by molar-refractivity contribution is -0.104. The molecule has 2 aromatic carbocycles. The second kappa shape index (κ2) is 10.8.